The fourth-order valence-corrected chi connectivity index (χ4v) is 3.04. The average molecular weight is 411 g/mol. The number of ether oxygens (including phenoxy) is 1. The van der Waals surface area contributed by atoms with Gasteiger partial charge in [-0.25, -0.2) is 14.5 Å². The Morgan fingerprint density at radius 3 is 2.66 bits per heavy atom. The molecule has 1 fully saturated rings. The minimum absolute atomic E-state index is 0.163. The van der Waals surface area contributed by atoms with Crippen LogP contribution in [0.5, 0.6) is 0 Å². The van der Waals surface area contributed by atoms with Crippen LogP contribution in [-0.4, -0.2) is 32.7 Å². The molecule has 0 saturated heterocycles. The van der Waals surface area contributed by atoms with E-state index >= 15 is 0 Å². The van der Waals surface area contributed by atoms with Crippen molar-refractivity contribution in [2.45, 2.75) is 31.8 Å². The summed E-state index contributed by atoms with van der Waals surface area (Å²) in [4.78, 5) is 29.1. The molecule has 3 aromatic rings. The molecule has 0 spiro atoms. The Morgan fingerprint density at radius 2 is 1.97 bits per heavy atom. The second-order valence-electron chi connectivity index (χ2n) is 6.85. The van der Waals surface area contributed by atoms with E-state index in [9.17, 15) is 9.59 Å². The van der Waals surface area contributed by atoms with E-state index in [1.807, 2.05) is 30.3 Å². The van der Waals surface area contributed by atoms with Crippen LogP contribution in [0.3, 0.4) is 0 Å². The third-order valence-corrected chi connectivity index (χ3v) is 4.90. The summed E-state index contributed by atoms with van der Waals surface area (Å²) >= 11 is 5.96. The van der Waals surface area contributed by atoms with Crippen LogP contribution in [0, 0.1) is 0 Å². The third kappa shape index (κ3) is 4.30. The highest BCUT2D eigenvalue weighted by molar-refractivity contribution is 6.32. The quantitative estimate of drug-likeness (QED) is 0.490. The number of anilines is 1. The molecule has 1 saturated carbocycles. The van der Waals surface area contributed by atoms with Gasteiger partial charge in [0, 0.05) is 12.1 Å². The largest absolute Gasteiger partial charge is 0.448 e. The number of esters is 1. The molecule has 2 aromatic heterocycles. The molecule has 0 radical (unpaired) electrons. The number of para-hydroxylation sites is 1. The first kappa shape index (κ1) is 19.1. The van der Waals surface area contributed by atoms with Crippen molar-refractivity contribution in [1.82, 2.24) is 14.8 Å². The molecule has 1 N–H and O–H groups in total. The molecule has 1 amide bonds. The van der Waals surface area contributed by atoms with Crippen molar-refractivity contribution < 1.29 is 14.3 Å². The maximum Gasteiger partial charge on any atom is 0.357 e. The summed E-state index contributed by atoms with van der Waals surface area (Å²) in [6, 6.07) is 14.4. The number of rotatable bonds is 6. The first-order valence-electron chi connectivity index (χ1n) is 9.30. The van der Waals surface area contributed by atoms with Crippen LogP contribution in [0.2, 0.25) is 5.15 Å². The van der Waals surface area contributed by atoms with Crippen LogP contribution >= 0.6 is 11.6 Å². The zero-order valence-corrected chi connectivity index (χ0v) is 16.5. The lowest BCUT2D eigenvalue weighted by Crippen LogP contribution is -2.30. The number of benzene rings is 1. The predicted octanol–water partition coefficient (Wildman–Crippen LogP) is 3.98. The van der Waals surface area contributed by atoms with Gasteiger partial charge in [0.25, 0.3) is 5.91 Å². The van der Waals surface area contributed by atoms with Gasteiger partial charge in [0.15, 0.2) is 17.0 Å². The van der Waals surface area contributed by atoms with Crippen LogP contribution < -0.4 is 5.32 Å². The minimum Gasteiger partial charge on any atom is -0.448 e. The maximum atomic E-state index is 12.8. The molecule has 4 rings (SSSR count). The number of hydrogen-bond acceptors (Lipinski definition) is 5. The third-order valence-electron chi connectivity index (χ3n) is 4.60. The number of carbonyl (C=O) groups is 2. The lowest BCUT2D eigenvalue weighted by molar-refractivity contribution is -0.123. The van der Waals surface area contributed by atoms with Crippen LogP contribution in [0.25, 0.3) is 5.69 Å². The number of nitrogens with zero attached hydrogens (tertiary/aromatic N) is 3. The summed E-state index contributed by atoms with van der Waals surface area (Å²) in [5, 5.41) is 7.36. The number of pyridine rings is 1. The SMILES string of the molecule is C[C@@H](OC(=O)c1cc(C2CC2)nn1-c1ccccc1)C(=O)Nc1cccnc1Cl. The number of halogens is 1. The molecule has 0 unspecified atom stereocenters. The highest BCUT2D eigenvalue weighted by Crippen LogP contribution is 2.39. The van der Waals surface area contributed by atoms with Crippen molar-refractivity contribution >= 4 is 29.2 Å². The molecule has 8 heteroatoms. The maximum absolute atomic E-state index is 12.8. The Hall–Kier alpha value is -3.19. The van der Waals surface area contributed by atoms with E-state index < -0.39 is 18.0 Å². The Morgan fingerprint density at radius 1 is 1.21 bits per heavy atom. The highest BCUT2D eigenvalue weighted by atomic mass is 35.5. The van der Waals surface area contributed by atoms with Crippen LogP contribution in [0.1, 0.15) is 41.9 Å². The molecule has 2 heterocycles. The summed E-state index contributed by atoms with van der Waals surface area (Å²) in [7, 11) is 0. The molecule has 148 valence electrons. The van der Waals surface area contributed by atoms with Gasteiger partial charge in [0.1, 0.15) is 0 Å². The van der Waals surface area contributed by atoms with E-state index in [2.05, 4.69) is 15.4 Å². The Labute approximate surface area is 172 Å². The molecule has 1 aliphatic rings. The number of aromatic nitrogens is 3. The van der Waals surface area contributed by atoms with Crippen molar-refractivity contribution in [3.63, 3.8) is 0 Å². The van der Waals surface area contributed by atoms with Crippen LogP contribution in [0.4, 0.5) is 5.69 Å². The van der Waals surface area contributed by atoms with Gasteiger partial charge in [-0.15, -0.1) is 0 Å². The van der Waals surface area contributed by atoms with Gasteiger partial charge in [0.05, 0.1) is 17.1 Å². The molecule has 7 nitrogen and oxygen atoms in total. The van der Waals surface area contributed by atoms with Gasteiger partial charge in [0.2, 0.25) is 0 Å². The van der Waals surface area contributed by atoms with Crippen molar-refractivity contribution in [3.8, 4) is 5.69 Å². The fraction of sp³-hybridized carbons (Fsp3) is 0.238. The lowest BCUT2D eigenvalue weighted by Gasteiger charge is -2.14. The normalized spacial score (nSPS) is 14.3. The van der Waals surface area contributed by atoms with Crippen molar-refractivity contribution in [2.24, 2.45) is 0 Å². The average Bonchev–Trinajstić information content (AvgIpc) is 3.48. The van der Waals surface area contributed by atoms with E-state index in [-0.39, 0.29) is 10.8 Å². The minimum atomic E-state index is -1.03. The fourth-order valence-electron chi connectivity index (χ4n) is 2.88. The molecule has 1 aromatic carbocycles. The first-order valence-corrected chi connectivity index (χ1v) is 9.68. The van der Waals surface area contributed by atoms with E-state index in [0.717, 1.165) is 24.2 Å². The van der Waals surface area contributed by atoms with Crippen LogP contribution in [-0.2, 0) is 9.53 Å². The van der Waals surface area contributed by atoms with E-state index in [1.165, 1.54) is 13.1 Å². The monoisotopic (exact) mass is 410 g/mol. The number of nitrogens with one attached hydrogen (secondary N) is 1. The van der Waals surface area contributed by atoms with Gasteiger partial charge in [-0.2, -0.15) is 5.10 Å². The number of carbonyl (C=O) groups excluding carboxylic acids is 2. The van der Waals surface area contributed by atoms with Crippen LogP contribution in [0.15, 0.2) is 54.7 Å². The molecule has 0 aliphatic heterocycles. The van der Waals surface area contributed by atoms with E-state index in [1.54, 1.807) is 22.9 Å². The summed E-state index contributed by atoms with van der Waals surface area (Å²) in [6.07, 6.45) is 2.61. The molecule has 1 aliphatic carbocycles. The predicted molar refractivity (Wildman–Crippen MR) is 108 cm³/mol. The zero-order valence-electron chi connectivity index (χ0n) is 15.7. The standard InChI is InChI=1S/C21H19ClN4O3/c1-13(20(27)24-16-8-5-11-23-19(16)22)29-21(28)18-12-17(14-9-10-14)25-26(18)15-6-3-2-4-7-15/h2-8,11-14H,9-10H2,1H3,(H,24,27)/t13-/m1/s1. The van der Waals surface area contributed by atoms with E-state index in [4.69, 9.17) is 16.3 Å². The molecule has 1 atom stereocenters. The summed E-state index contributed by atoms with van der Waals surface area (Å²) in [5.41, 5.74) is 2.26. The molecular formula is C21H19ClN4O3. The number of amides is 1. The molecule has 29 heavy (non-hydrogen) atoms. The number of hydrogen-bond donors (Lipinski definition) is 1. The zero-order chi connectivity index (χ0) is 20.4. The topological polar surface area (TPSA) is 86.1 Å². The smallest absolute Gasteiger partial charge is 0.357 e. The van der Waals surface area contributed by atoms with Crippen molar-refractivity contribution in [2.75, 3.05) is 5.32 Å². The van der Waals surface area contributed by atoms with Gasteiger partial charge in [-0.3, -0.25) is 4.79 Å². The first-order chi connectivity index (χ1) is 14.0. The van der Waals surface area contributed by atoms with Gasteiger partial charge in [-0.1, -0.05) is 29.8 Å². The van der Waals surface area contributed by atoms with Gasteiger partial charge < -0.3 is 10.1 Å². The second-order valence-corrected chi connectivity index (χ2v) is 7.21. The Balaban J connectivity index is 1.52. The summed E-state index contributed by atoms with van der Waals surface area (Å²) in [6.45, 7) is 1.50. The summed E-state index contributed by atoms with van der Waals surface area (Å²) < 4.78 is 6.98. The molecule has 0 bridgehead atoms. The Bertz CT molecular complexity index is 1050. The van der Waals surface area contributed by atoms with Gasteiger partial charge >= 0.3 is 5.97 Å². The highest BCUT2D eigenvalue weighted by Gasteiger charge is 2.30. The second kappa shape index (κ2) is 8.05. The lowest BCUT2D eigenvalue weighted by atomic mass is 10.2. The van der Waals surface area contributed by atoms with E-state index in [0.29, 0.717) is 11.6 Å². The summed E-state index contributed by atoms with van der Waals surface area (Å²) in [5.74, 6) is -0.741. The van der Waals surface area contributed by atoms with Crippen molar-refractivity contribution in [1.29, 1.82) is 0 Å². The molecular weight excluding hydrogens is 392 g/mol. The van der Waals surface area contributed by atoms with Crippen molar-refractivity contribution in [3.05, 3.63) is 71.3 Å². The Kier molecular flexibility index (Phi) is 5.31. The van der Waals surface area contributed by atoms with Gasteiger partial charge in [-0.05, 0) is 50.1 Å².